The van der Waals surface area contributed by atoms with E-state index >= 15 is 0 Å². The molecule has 0 saturated carbocycles. The maximum Gasteiger partial charge on any atom is 0.335 e. The van der Waals surface area contributed by atoms with Crippen molar-refractivity contribution in [3.05, 3.63) is 23.4 Å². The van der Waals surface area contributed by atoms with Crippen molar-refractivity contribution in [2.45, 2.75) is 33.6 Å². The Labute approximate surface area is 126 Å². The Kier molecular flexibility index (Phi) is 6.62. The van der Waals surface area contributed by atoms with Crippen molar-refractivity contribution in [1.29, 1.82) is 0 Å². The predicted octanol–water partition coefficient (Wildman–Crippen LogP) is 3.01. The largest absolute Gasteiger partial charge is 0.478 e. The van der Waals surface area contributed by atoms with Crippen molar-refractivity contribution < 1.29 is 14.6 Å². The van der Waals surface area contributed by atoms with Crippen molar-refractivity contribution in [2.75, 3.05) is 31.7 Å². The van der Waals surface area contributed by atoms with Crippen LogP contribution < -0.4 is 4.90 Å². The van der Waals surface area contributed by atoms with Crippen molar-refractivity contribution in [3.63, 3.8) is 0 Å². The van der Waals surface area contributed by atoms with Gasteiger partial charge in [-0.25, -0.2) is 9.78 Å². The summed E-state index contributed by atoms with van der Waals surface area (Å²) in [6.07, 6.45) is 0. The minimum absolute atomic E-state index is 0.186. The number of methoxy groups -OCH3 is 1. The first-order valence-electron chi connectivity index (χ1n) is 7.34. The highest BCUT2D eigenvalue weighted by atomic mass is 16.5. The molecule has 1 rings (SSSR count). The molecule has 5 nitrogen and oxygen atoms in total. The van der Waals surface area contributed by atoms with Crippen LogP contribution >= 0.6 is 0 Å². The van der Waals surface area contributed by atoms with E-state index in [0.717, 1.165) is 12.2 Å². The average molecular weight is 294 g/mol. The molecule has 0 bridgehead atoms. The summed E-state index contributed by atoms with van der Waals surface area (Å²) >= 11 is 0. The number of hydrogen-bond donors (Lipinski definition) is 1. The fourth-order valence-electron chi connectivity index (χ4n) is 2.06. The Hall–Kier alpha value is -1.62. The van der Waals surface area contributed by atoms with Gasteiger partial charge in [0.05, 0.1) is 12.2 Å². The van der Waals surface area contributed by atoms with Crippen LogP contribution in [0.15, 0.2) is 12.1 Å². The van der Waals surface area contributed by atoms with Gasteiger partial charge in [-0.3, -0.25) is 0 Å². The van der Waals surface area contributed by atoms with Gasteiger partial charge in [0.15, 0.2) is 0 Å². The molecule has 0 spiro atoms. The van der Waals surface area contributed by atoms with Crippen molar-refractivity contribution in [2.24, 2.45) is 5.92 Å². The first kappa shape index (κ1) is 17.4. The summed E-state index contributed by atoms with van der Waals surface area (Å²) in [5.74, 6) is 0.437. The molecule has 0 fully saturated rings. The fraction of sp³-hybridized carbons (Fsp3) is 0.625. The summed E-state index contributed by atoms with van der Waals surface area (Å²) in [6, 6.07) is 3.30. The Morgan fingerprint density at radius 2 is 2.00 bits per heavy atom. The highest BCUT2D eigenvalue weighted by molar-refractivity contribution is 5.88. The highest BCUT2D eigenvalue weighted by Crippen LogP contribution is 2.21. The zero-order valence-electron chi connectivity index (χ0n) is 13.6. The summed E-state index contributed by atoms with van der Waals surface area (Å²) < 4.78 is 5.15. The summed E-state index contributed by atoms with van der Waals surface area (Å²) in [4.78, 5) is 18.0. The van der Waals surface area contributed by atoms with E-state index in [-0.39, 0.29) is 11.5 Å². The molecule has 0 aromatic carbocycles. The lowest BCUT2D eigenvalue weighted by atomic mass is 10.1. The van der Waals surface area contributed by atoms with Gasteiger partial charge in [-0.05, 0) is 24.0 Å². The molecule has 0 saturated heterocycles. The van der Waals surface area contributed by atoms with E-state index < -0.39 is 5.97 Å². The molecule has 1 aromatic heterocycles. The van der Waals surface area contributed by atoms with E-state index in [9.17, 15) is 9.90 Å². The molecule has 0 amide bonds. The third-order valence-corrected chi connectivity index (χ3v) is 3.14. The maximum atomic E-state index is 11.3. The molecular formula is C16H26N2O3. The van der Waals surface area contributed by atoms with Crippen LogP contribution in [-0.4, -0.2) is 42.9 Å². The number of pyridine rings is 1. The van der Waals surface area contributed by atoms with Crippen LogP contribution in [0.2, 0.25) is 0 Å². The second kappa shape index (κ2) is 7.98. The molecular weight excluding hydrogens is 268 g/mol. The lowest BCUT2D eigenvalue weighted by Gasteiger charge is -2.26. The molecule has 1 N–H and O–H groups in total. The second-order valence-corrected chi connectivity index (χ2v) is 5.93. The van der Waals surface area contributed by atoms with E-state index in [4.69, 9.17) is 4.74 Å². The van der Waals surface area contributed by atoms with Crippen LogP contribution in [-0.2, 0) is 4.74 Å². The zero-order valence-corrected chi connectivity index (χ0v) is 13.6. The van der Waals surface area contributed by atoms with Crippen LogP contribution in [0.5, 0.6) is 0 Å². The molecule has 0 aliphatic carbocycles. The van der Waals surface area contributed by atoms with Gasteiger partial charge in [-0.2, -0.15) is 0 Å². The molecule has 0 radical (unpaired) electrons. The van der Waals surface area contributed by atoms with Gasteiger partial charge in [0.25, 0.3) is 0 Å². The molecule has 0 aliphatic heterocycles. The average Bonchev–Trinajstić information content (AvgIpc) is 2.42. The van der Waals surface area contributed by atoms with Gasteiger partial charge in [-0.15, -0.1) is 0 Å². The number of hydrogen-bond acceptors (Lipinski definition) is 4. The number of aromatic carboxylic acids is 1. The number of aromatic nitrogens is 1. The molecule has 1 heterocycles. The van der Waals surface area contributed by atoms with E-state index in [1.807, 2.05) is 13.8 Å². The number of carboxylic acids is 1. The van der Waals surface area contributed by atoms with Gasteiger partial charge in [0.1, 0.15) is 5.82 Å². The third kappa shape index (κ3) is 5.34. The summed E-state index contributed by atoms with van der Waals surface area (Å²) in [7, 11) is 1.66. The Morgan fingerprint density at radius 1 is 1.33 bits per heavy atom. The normalized spacial score (nSPS) is 11.2. The minimum atomic E-state index is -0.920. The molecule has 5 heteroatoms. The molecule has 1 aromatic rings. The van der Waals surface area contributed by atoms with Gasteiger partial charge in [-0.1, -0.05) is 27.7 Å². The number of carbonyl (C=O) groups is 1. The summed E-state index contributed by atoms with van der Waals surface area (Å²) in [5.41, 5.74) is 1.09. The van der Waals surface area contributed by atoms with Crippen LogP contribution in [0.25, 0.3) is 0 Å². The maximum absolute atomic E-state index is 11.3. The smallest absolute Gasteiger partial charge is 0.335 e. The minimum Gasteiger partial charge on any atom is -0.478 e. The first-order valence-corrected chi connectivity index (χ1v) is 7.34. The monoisotopic (exact) mass is 294 g/mol. The van der Waals surface area contributed by atoms with Gasteiger partial charge in [0, 0.05) is 25.9 Å². The molecule has 118 valence electrons. The number of rotatable bonds is 8. The van der Waals surface area contributed by atoms with Crippen LogP contribution in [0.3, 0.4) is 0 Å². The topological polar surface area (TPSA) is 62.7 Å². The molecule has 0 aliphatic rings. The van der Waals surface area contributed by atoms with Gasteiger partial charge < -0.3 is 14.7 Å². The van der Waals surface area contributed by atoms with Gasteiger partial charge >= 0.3 is 5.97 Å². The fourth-order valence-corrected chi connectivity index (χ4v) is 2.06. The molecule has 21 heavy (non-hydrogen) atoms. The third-order valence-electron chi connectivity index (χ3n) is 3.14. The number of ether oxygens (including phenoxy) is 1. The lowest BCUT2D eigenvalue weighted by molar-refractivity contribution is 0.0696. The SMILES string of the molecule is COCCN(CC(C)C)c1cc(C(=O)O)cc(C(C)C)n1. The Balaban J connectivity index is 3.17. The second-order valence-electron chi connectivity index (χ2n) is 5.93. The van der Waals surface area contributed by atoms with Crippen molar-refractivity contribution in [1.82, 2.24) is 4.98 Å². The van der Waals surface area contributed by atoms with Crippen LogP contribution in [0.1, 0.15) is 49.7 Å². The van der Waals surface area contributed by atoms with Crippen LogP contribution in [0, 0.1) is 5.92 Å². The molecule has 0 unspecified atom stereocenters. The van der Waals surface area contributed by atoms with Crippen LogP contribution in [0.4, 0.5) is 5.82 Å². The summed E-state index contributed by atoms with van der Waals surface area (Å²) in [6.45, 7) is 10.4. The first-order chi connectivity index (χ1) is 9.85. The van der Waals surface area contributed by atoms with E-state index in [1.165, 1.54) is 0 Å². The number of carboxylic acid groups (broad SMARTS) is 1. The van der Waals surface area contributed by atoms with Crippen molar-refractivity contribution in [3.8, 4) is 0 Å². The number of nitrogens with zero attached hydrogens (tertiary/aromatic N) is 2. The quantitative estimate of drug-likeness (QED) is 0.798. The Bertz CT molecular complexity index is 473. The lowest BCUT2D eigenvalue weighted by Crippen LogP contribution is -2.32. The number of anilines is 1. The van der Waals surface area contributed by atoms with E-state index in [2.05, 4.69) is 23.7 Å². The zero-order chi connectivity index (χ0) is 16.0. The highest BCUT2D eigenvalue weighted by Gasteiger charge is 2.16. The molecule has 0 atom stereocenters. The van der Waals surface area contributed by atoms with E-state index in [0.29, 0.717) is 24.9 Å². The summed E-state index contributed by atoms with van der Waals surface area (Å²) in [5, 5.41) is 9.28. The predicted molar refractivity (Wildman–Crippen MR) is 84.2 cm³/mol. The van der Waals surface area contributed by atoms with Crippen molar-refractivity contribution >= 4 is 11.8 Å². The Morgan fingerprint density at radius 3 is 2.48 bits per heavy atom. The van der Waals surface area contributed by atoms with E-state index in [1.54, 1.807) is 19.2 Å². The van der Waals surface area contributed by atoms with Gasteiger partial charge in [0.2, 0.25) is 0 Å². The standard InChI is InChI=1S/C16H26N2O3/c1-11(2)10-18(6-7-21-5)15-9-13(16(19)20)8-14(17-15)12(3)4/h8-9,11-12H,6-7,10H2,1-5H3,(H,19,20).